The van der Waals surface area contributed by atoms with Gasteiger partial charge in [-0.1, -0.05) is 54.1 Å². The van der Waals surface area contributed by atoms with Crippen LogP contribution in [-0.2, 0) is 0 Å². The molecule has 0 saturated heterocycles. The normalized spacial score (nSPS) is 11.3. The van der Waals surface area contributed by atoms with Crippen LogP contribution in [-0.4, -0.2) is 30.1 Å². The Morgan fingerprint density at radius 1 is 0.902 bits per heavy atom. The van der Waals surface area contributed by atoms with Crippen LogP contribution < -0.4 is 5.32 Å². The highest BCUT2D eigenvalue weighted by Crippen LogP contribution is 2.36. The van der Waals surface area contributed by atoms with Gasteiger partial charge in [0.15, 0.2) is 11.6 Å². The van der Waals surface area contributed by atoms with Gasteiger partial charge >= 0.3 is 0 Å². The number of hydrogen-bond acceptors (Lipinski definition) is 6. The second kappa shape index (κ2) is 10.1. The SMILES string of the molecule is CC(C)=C(Nc1cncc(-c2ncc3[nH]nc(-c4nc5c(-c6cccs6)cccc5[nH]4)c3c2F)c1)c1ccccc1. The van der Waals surface area contributed by atoms with E-state index in [1.165, 1.54) is 0 Å². The molecule has 5 aromatic heterocycles. The first-order valence-corrected chi connectivity index (χ1v) is 14.0. The summed E-state index contributed by atoms with van der Waals surface area (Å²) in [6.07, 6.45) is 4.92. The number of allylic oxidation sites excluding steroid dienone is 1. The van der Waals surface area contributed by atoms with E-state index in [0.717, 1.165) is 44.0 Å². The maximum Gasteiger partial charge on any atom is 0.161 e. The Labute approximate surface area is 238 Å². The lowest BCUT2D eigenvalue weighted by Gasteiger charge is -2.14. The van der Waals surface area contributed by atoms with Crippen molar-refractivity contribution >= 4 is 44.7 Å². The number of nitrogens with zero attached hydrogens (tertiary/aromatic N) is 4. The van der Waals surface area contributed by atoms with E-state index < -0.39 is 5.82 Å². The van der Waals surface area contributed by atoms with Crippen LogP contribution in [0.3, 0.4) is 0 Å². The molecule has 2 aromatic carbocycles. The predicted molar refractivity (Wildman–Crippen MR) is 164 cm³/mol. The third-order valence-corrected chi connectivity index (χ3v) is 7.81. The van der Waals surface area contributed by atoms with Gasteiger partial charge < -0.3 is 10.3 Å². The van der Waals surface area contributed by atoms with E-state index in [-0.39, 0.29) is 5.69 Å². The highest BCUT2D eigenvalue weighted by Gasteiger charge is 2.21. The Balaban J connectivity index is 1.29. The molecule has 0 atom stereocenters. The summed E-state index contributed by atoms with van der Waals surface area (Å²) in [5, 5.41) is 13.2. The van der Waals surface area contributed by atoms with Crippen LogP contribution in [0.25, 0.3) is 60.8 Å². The fourth-order valence-electron chi connectivity index (χ4n) is 5.00. The van der Waals surface area contributed by atoms with E-state index in [2.05, 4.69) is 36.5 Å². The molecule has 0 spiro atoms. The topological polar surface area (TPSA) is 95.2 Å². The van der Waals surface area contributed by atoms with E-state index in [0.29, 0.717) is 28.0 Å². The van der Waals surface area contributed by atoms with Crippen LogP contribution in [0.4, 0.5) is 10.1 Å². The van der Waals surface area contributed by atoms with Crippen LogP contribution in [0.1, 0.15) is 19.4 Å². The molecule has 0 aliphatic rings. The van der Waals surface area contributed by atoms with Gasteiger partial charge in [0, 0.05) is 27.9 Å². The molecular weight excluding hydrogens is 533 g/mol. The molecule has 3 N–H and O–H groups in total. The summed E-state index contributed by atoms with van der Waals surface area (Å²) in [5.74, 6) is -0.00876. The van der Waals surface area contributed by atoms with Crippen LogP contribution in [0, 0.1) is 5.82 Å². The summed E-state index contributed by atoms with van der Waals surface area (Å²) in [5.41, 5.74) is 8.17. The predicted octanol–water partition coefficient (Wildman–Crippen LogP) is 8.29. The first kappa shape index (κ1) is 24.9. The van der Waals surface area contributed by atoms with Crippen molar-refractivity contribution in [3.8, 4) is 33.2 Å². The molecule has 0 bridgehead atoms. The number of H-pyrrole nitrogens is 2. The number of aromatic nitrogens is 6. The number of pyridine rings is 2. The molecule has 0 unspecified atom stereocenters. The van der Waals surface area contributed by atoms with Gasteiger partial charge in [0.2, 0.25) is 0 Å². The number of fused-ring (bicyclic) bond motifs is 2. The zero-order valence-electron chi connectivity index (χ0n) is 22.2. The van der Waals surface area contributed by atoms with E-state index >= 15 is 4.39 Å². The molecule has 9 heteroatoms. The summed E-state index contributed by atoms with van der Waals surface area (Å²) < 4.78 is 16.3. The van der Waals surface area contributed by atoms with Crippen molar-refractivity contribution < 1.29 is 4.39 Å². The fraction of sp³-hybridized carbons (Fsp3) is 0.0625. The average Bonchev–Trinajstić information content (AvgIpc) is 3.76. The van der Waals surface area contributed by atoms with Crippen molar-refractivity contribution in [1.82, 2.24) is 30.1 Å². The lowest BCUT2D eigenvalue weighted by molar-refractivity contribution is 0.638. The molecule has 0 aliphatic carbocycles. The first-order valence-electron chi connectivity index (χ1n) is 13.1. The van der Waals surface area contributed by atoms with Crippen LogP contribution >= 0.6 is 11.3 Å². The van der Waals surface area contributed by atoms with Crippen molar-refractivity contribution in [3.05, 3.63) is 108 Å². The number of hydrogen-bond donors (Lipinski definition) is 3. The number of anilines is 1. The summed E-state index contributed by atoms with van der Waals surface area (Å²) in [7, 11) is 0. The Morgan fingerprint density at radius 2 is 1.78 bits per heavy atom. The Kier molecular flexibility index (Phi) is 6.13. The average molecular weight is 558 g/mol. The van der Waals surface area contributed by atoms with Gasteiger partial charge in [-0.15, -0.1) is 11.3 Å². The second-order valence-electron chi connectivity index (χ2n) is 9.87. The number of para-hydroxylation sites is 1. The van der Waals surface area contributed by atoms with Gasteiger partial charge in [0.05, 0.1) is 40.0 Å². The minimum absolute atomic E-state index is 0.185. The van der Waals surface area contributed by atoms with E-state index in [1.807, 2.05) is 79.9 Å². The number of imidazole rings is 1. The molecule has 0 amide bonds. The summed E-state index contributed by atoms with van der Waals surface area (Å²) in [6.45, 7) is 4.09. The summed E-state index contributed by atoms with van der Waals surface area (Å²) in [6, 6.07) is 22.0. The molecule has 0 aliphatic heterocycles. The molecule has 200 valence electrons. The molecule has 0 saturated carbocycles. The molecule has 7 rings (SSSR count). The van der Waals surface area contributed by atoms with Crippen molar-refractivity contribution in [1.29, 1.82) is 0 Å². The van der Waals surface area contributed by atoms with Crippen LogP contribution in [0.15, 0.2) is 96.3 Å². The van der Waals surface area contributed by atoms with Crippen LogP contribution in [0.2, 0.25) is 0 Å². The minimum atomic E-state index is -0.491. The highest BCUT2D eigenvalue weighted by molar-refractivity contribution is 7.13. The molecule has 7 nitrogen and oxygen atoms in total. The zero-order chi connectivity index (χ0) is 27.9. The van der Waals surface area contributed by atoms with Crippen molar-refractivity contribution in [2.75, 3.05) is 5.32 Å². The van der Waals surface area contributed by atoms with Gasteiger partial charge in [-0.25, -0.2) is 9.37 Å². The number of aromatic amines is 2. The summed E-state index contributed by atoms with van der Waals surface area (Å²) in [4.78, 5) is 18.1. The summed E-state index contributed by atoms with van der Waals surface area (Å²) >= 11 is 1.65. The molecule has 0 fully saturated rings. The lowest BCUT2D eigenvalue weighted by atomic mass is 10.1. The minimum Gasteiger partial charge on any atom is -0.354 e. The number of halogens is 1. The van der Waals surface area contributed by atoms with E-state index in [1.54, 1.807) is 29.9 Å². The van der Waals surface area contributed by atoms with Gasteiger partial charge in [0.1, 0.15) is 11.4 Å². The standard InChI is InChI=1S/C32H24FN7S/c1-18(2)28(19-8-4-3-5-9-19)36-21-14-20(15-34-16-21)29-27(33)26-24(17-35-29)39-40-31(26)32-37-23-11-6-10-22(30(23)38-32)25-12-7-13-41-25/h3-17,36H,1-2H3,(H,37,38)(H,39,40). The first-order chi connectivity index (χ1) is 20.1. The molecule has 41 heavy (non-hydrogen) atoms. The van der Waals surface area contributed by atoms with Gasteiger partial charge in [0.25, 0.3) is 0 Å². The second-order valence-corrected chi connectivity index (χ2v) is 10.8. The molecular formula is C32H24FN7S. The third kappa shape index (κ3) is 4.46. The largest absolute Gasteiger partial charge is 0.354 e. The monoisotopic (exact) mass is 557 g/mol. The maximum atomic E-state index is 16.3. The molecule has 0 radical (unpaired) electrons. The van der Waals surface area contributed by atoms with E-state index in [9.17, 15) is 0 Å². The van der Waals surface area contributed by atoms with Gasteiger partial charge in [-0.05, 0) is 43.0 Å². The quantitative estimate of drug-likeness (QED) is 0.191. The number of nitrogens with one attached hydrogen (secondary N) is 3. The Bertz CT molecular complexity index is 2050. The zero-order valence-corrected chi connectivity index (χ0v) is 23.1. The fourth-order valence-corrected chi connectivity index (χ4v) is 5.75. The number of benzene rings is 2. The third-order valence-electron chi connectivity index (χ3n) is 6.91. The van der Waals surface area contributed by atoms with Crippen molar-refractivity contribution in [3.63, 3.8) is 0 Å². The van der Waals surface area contributed by atoms with Crippen LogP contribution in [0.5, 0.6) is 0 Å². The van der Waals surface area contributed by atoms with Gasteiger partial charge in [-0.3, -0.25) is 15.1 Å². The number of rotatable bonds is 6. The van der Waals surface area contributed by atoms with Gasteiger partial charge in [-0.2, -0.15) is 5.10 Å². The maximum absolute atomic E-state index is 16.3. The Morgan fingerprint density at radius 3 is 2.59 bits per heavy atom. The van der Waals surface area contributed by atoms with Crippen molar-refractivity contribution in [2.45, 2.75) is 13.8 Å². The molecule has 7 aromatic rings. The molecule has 5 heterocycles. The highest BCUT2D eigenvalue weighted by atomic mass is 32.1. The van der Waals surface area contributed by atoms with E-state index in [4.69, 9.17) is 4.98 Å². The number of thiophene rings is 1. The lowest BCUT2D eigenvalue weighted by Crippen LogP contribution is -2.02. The Hall–Kier alpha value is -5.15. The smallest absolute Gasteiger partial charge is 0.161 e. The van der Waals surface area contributed by atoms with Crippen molar-refractivity contribution in [2.24, 2.45) is 0 Å².